The Morgan fingerprint density at radius 2 is 2.14 bits per heavy atom. The third-order valence-corrected chi connectivity index (χ3v) is 5.48. The standard InChI is InChI=1S/C13H16BrNO5S/c1-6-4-15(5-8(20-6)13(17)18)12(16)11-10(19-3)9(14)7(2)21-11/h6,8H,4-5H2,1-3H3,(H,17,18)/t6-,8?/m1/s1. The lowest BCUT2D eigenvalue weighted by Crippen LogP contribution is -2.51. The van der Waals surface area contributed by atoms with Crippen molar-refractivity contribution in [2.75, 3.05) is 20.2 Å². The van der Waals surface area contributed by atoms with Gasteiger partial charge in [-0.1, -0.05) is 0 Å². The Balaban J connectivity index is 2.27. The molecule has 21 heavy (non-hydrogen) atoms. The highest BCUT2D eigenvalue weighted by molar-refractivity contribution is 9.10. The smallest absolute Gasteiger partial charge is 0.334 e. The fourth-order valence-corrected chi connectivity index (χ4v) is 3.94. The Morgan fingerprint density at radius 1 is 1.48 bits per heavy atom. The second kappa shape index (κ2) is 6.33. The van der Waals surface area contributed by atoms with Crippen molar-refractivity contribution in [1.29, 1.82) is 0 Å². The summed E-state index contributed by atoms with van der Waals surface area (Å²) in [4.78, 5) is 26.7. The largest absolute Gasteiger partial charge is 0.494 e. The van der Waals surface area contributed by atoms with Crippen molar-refractivity contribution in [2.24, 2.45) is 0 Å². The van der Waals surface area contributed by atoms with Crippen LogP contribution in [-0.4, -0.2) is 54.3 Å². The number of halogens is 1. The maximum Gasteiger partial charge on any atom is 0.334 e. The van der Waals surface area contributed by atoms with Crippen molar-refractivity contribution in [3.8, 4) is 5.75 Å². The minimum atomic E-state index is -1.06. The fourth-order valence-electron chi connectivity index (χ4n) is 2.22. The van der Waals surface area contributed by atoms with Gasteiger partial charge in [0.1, 0.15) is 4.88 Å². The summed E-state index contributed by atoms with van der Waals surface area (Å²) < 4.78 is 11.4. The Labute approximate surface area is 134 Å². The Kier molecular flexibility index (Phi) is 4.90. The first kappa shape index (κ1) is 16.3. The van der Waals surface area contributed by atoms with Crippen LogP contribution in [0.25, 0.3) is 0 Å². The van der Waals surface area contributed by atoms with Gasteiger partial charge in [-0.15, -0.1) is 11.3 Å². The highest BCUT2D eigenvalue weighted by atomic mass is 79.9. The summed E-state index contributed by atoms with van der Waals surface area (Å²) in [7, 11) is 1.50. The van der Waals surface area contributed by atoms with E-state index in [2.05, 4.69) is 15.9 Å². The van der Waals surface area contributed by atoms with E-state index in [1.165, 1.54) is 23.3 Å². The van der Waals surface area contributed by atoms with Gasteiger partial charge in [0.15, 0.2) is 11.9 Å². The number of aliphatic carboxylic acids is 1. The van der Waals surface area contributed by atoms with Gasteiger partial charge in [-0.2, -0.15) is 0 Å². The van der Waals surface area contributed by atoms with Crippen molar-refractivity contribution >= 4 is 39.1 Å². The number of thiophene rings is 1. The van der Waals surface area contributed by atoms with Crippen LogP contribution in [0.1, 0.15) is 21.5 Å². The zero-order chi connectivity index (χ0) is 15.7. The molecular weight excluding hydrogens is 362 g/mol. The molecule has 0 bridgehead atoms. The average molecular weight is 378 g/mol. The molecule has 1 saturated heterocycles. The van der Waals surface area contributed by atoms with Crippen LogP contribution in [0.4, 0.5) is 0 Å². The lowest BCUT2D eigenvalue weighted by atomic mass is 10.2. The predicted octanol–water partition coefficient (Wildman–Crippen LogP) is 2.14. The topological polar surface area (TPSA) is 76.1 Å². The third kappa shape index (κ3) is 3.22. The van der Waals surface area contributed by atoms with Gasteiger partial charge < -0.3 is 19.5 Å². The van der Waals surface area contributed by atoms with Crippen molar-refractivity contribution < 1.29 is 24.2 Å². The lowest BCUT2D eigenvalue weighted by Gasteiger charge is -2.34. The molecule has 6 nitrogen and oxygen atoms in total. The molecule has 1 N–H and O–H groups in total. The molecule has 1 aliphatic heterocycles. The number of carboxylic acids is 1. The van der Waals surface area contributed by atoms with E-state index in [4.69, 9.17) is 14.6 Å². The number of rotatable bonds is 3. The highest BCUT2D eigenvalue weighted by Gasteiger charge is 2.35. The molecule has 8 heteroatoms. The molecule has 2 rings (SSSR count). The number of hydrogen-bond acceptors (Lipinski definition) is 5. The third-order valence-electron chi connectivity index (χ3n) is 3.19. The average Bonchev–Trinajstić information content (AvgIpc) is 2.72. The first-order chi connectivity index (χ1) is 9.85. The minimum absolute atomic E-state index is 0.0379. The van der Waals surface area contributed by atoms with Crippen molar-refractivity contribution in [3.63, 3.8) is 0 Å². The minimum Gasteiger partial charge on any atom is -0.494 e. The molecule has 0 aliphatic carbocycles. The van der Waals surface area contributed by atoms with Gasteiger partial charge >= 0.3 is 5.97 Å². The zero-order valence-corrected chi connectivity index (χ0v) is 14.3. The van der Waals surface area contributed by atoms with E-state index in [-0.39, 0.29) is 18.6 Å². The van der Waals surface area contributed by atoms with E-state index in [1.54, 1.807) is 6.92 Å². The molecule has 0 spiro atoms. The molecule has 0 aromatic carbocycles. The number of morpholine rings is 1. The highest BCUT2D eigenvalue weighted by Crippen LogP contribution is 2.40. The monoisotopic (exact) mass is 377 g/mol. The van der Waals surface area contributed by atoms with Gasteiger partial charge in [0, 0.05) is 11.4 Å². The molecule has 0 radical (unpaired) electrons. The summed E-state index contributed by atoms with van der Waals surface area (Å²) in [5.41, 5.74) is 0. The van der Waals surface area contributed by atoms with Crippen molar-refractivity contribution in [2.45, 2.75) is 26.1 Å². The summed E-state index contributed by atoms with van der Waals surface area (Å²) in [6.45, 7) is 4.04. The van der Waals surface area contributed by atoms with Gasteiger partial charge in [-0.3, -0.25) is 4.79 Å². The Morgan fingerprint density at radius 3 is 2.71 bits per heavy atom. The normalized spacial score (nSPS) is 22.2. The maximum absolute atomic E-state index is 12.6. The van der Waals surface area contributed by atoms with Crippen LogP contribution in [-0.2, 0) is 9.53 Å². The van der Waals surface area contributed by atoms with Gasteiger partial charge in [0.05, 0.1) is 24.2 Å². The van der Waals surface area contributed by atoms with Crippen molar-refractivity contribution in [3.05, 3.63) is 14.2 Å². The van der Waals surface area contributed by atoms with E-state index in [9.17, 15) is 9.59 Å². The summed E-state index contributed by atoms with van der Waals surface area (Å²) in [6.07, 6.45) is -1.31. The number of carboxylic acid groups (broad SMARTS) is 1. The van der Waals surface area contributed by atoms with Crippen LogP contribution in [0.5, 0.6) is 5.75 Å². The van der Waals surface area contributed by atoms with Gasteiger partial charge in [-0.05, 0) is 29.8 Å². The van der Waals surface area contributed by atoms with Crippen LogP contribution in [0, 0.1) is 6.92 Å². The number of aryl methyl sites for hydroxylation is 1. The first-order valence-corrected chi connectivity index (χ1v) is 7.96. The molecule has 116 valence electrons. The summed E-state index contributed by atoms with van der Waals surface area (Å²) in [5.74, 6) is -0.796. The number of carbonyl (C=O) groups is 2. The molecule has 2 atom stereocenters. The SMILES string of the molecule is COc1c(C(=O)N2CC(C(=O)O)O[C@H](C)C2)sc(C)c1Br. The number of hydrogen-bond donors (Lipinski definition) is 1. The summed E-state index contributed by atoms with van der Waals surface area (Å²) in [5, 5.41) is 9.08. The number of amides is 1. The quantitative estimate of drug-likeness (QED) is 0.872. The van der Waals surface area contributed by atoms with Crippen LogP contribution in [0.15, 0.2) is 4.47 Å². The molecule has 1 aliphatic rings. The summed E-state index contributed by atoms with van der Waals surface area (Å²) in [6, 6.07) is 0. The fraction of sp³-hybridized carbons (Fsp3) is 0.538. The van der Waals surface area contributed by atoms with Crippen LogP contribution < -0.4 is 4.74 Å². The summed E-state index contributed by atoms with van der Waals surface area (Å²) >= 11 is 4.72. The van der Waals surface area contributed by atoms with E-state index in [0.29, 0.717) is 17.2 Å². The van der Waals surface area contributed by atoms with E-state index >= 15 is 0 Å². The molecule has 2 heterocycles. The van der Waals surface area contributed by atoms with E-state index in [1.807, 2.05) is 6.92 Å². The number of carbonyl (C=O) groups excluding carboxylic acids is 1. The first-order valence-electron chi connectivity index (χ1n) is 6.35. The Bertz CT molecular complexity index is 573. The van der Waals surface area contributed by atoms with Gasteiger partial charge in [0.2, 0.25) is 0 Å². The van der Waals surface area contributed by atoms with Crippen molar-refractivity contribution in [1.82, 2.24) is 4.90 Å². The Hall–Kier alpha value is -1.12. The molecule has 1 aromatic heterocycles. The second-order valence-corrected chi connectivity index (χ2v) is 6.84. The van der Waals surface area contributed by atoms with E-state index < -0.39 is 12.1 Å². The van der Waals surface area contributed by atoms with Gasteiger partial charge in [0.25, 0.3) is 5.91 Å². The maximum atomic E-state index is 12.6. The molecular formula is C13H16BrNO5S. The number of ether oxygens (including phenoxy) is 2. The molecule has 1 amide bonds. The van der Waals surface area contributed by atoms with Crippen LogP contribution in [0.3, 0.4) is 0 Å². The predicted molar refractivity (Wildman–Crippen MR) is 81.2 cm³/mol. The molecule has 0 saturated carbocycles. The second-order valence-electron chi connectivity index (χ2n) is 4.82. The molecule has 1 aromatic rings. The van der Waals surface area contributed by atoms with Crippen LogP contribution >= 0.6 is 27.3 Å². The zero-order valence-electron chi connectivity index (χ0n) is 11.9. The van der Waals surface area contributed by atoms with E-state index in [0.717, 1.165) is 9.35 Å². The molecule has 1 unspecified atom stereocenters. The van der Waals surface area contributed by atoms with Gasteiger partial charge in [-0.25, -0.2) is 4.79 Å². The number of nitrogens with zero attached hydrogens (tertiary/aromatic N) is 1. The van der Waals surface area contributed by atoms with Crippen LogP contribution in [0.2, 0.25) is 0 Å². The number of methoxy groups -OCH3 is 1. The lowest BCUT2D eigenvalue weighted by molar-refractivity contribution is -0.160. The molecule has 1 fully saturated rings.